The number of piperazine rings is 1. The molecule has 1 fully saturated rings. The fourth-order valence-corrected chi connectivity index (χ4v) is 3.77. The first kappa shape index (κ1) is 24.3. The number of ether oxygens (including phenoxy) is 1. The number of aromatic nitrogens is 2. The number of para-hydroxylation sites is 1. The lowest BCUT2D eigenvalue weighted by molar-refractivity contribution is -0.135. The van der Waals surface area contributed by atoms with Crippen molar-refractivity contribution >= 4 is 30.7 Å². The third-order valence-corrected chi connectivity index (χ3v) is 4.99. The van der Waals surface area contributed by atoms with Crippen molar-refractivity contribution in [1.29, 1.82) is 0 Å². The molecule has 1 amide bonds. The normalized spacial score (nSPS) is 17.3. The van der Waals surface area contributed by atoms with E-state index in [-0.39, 0.29) is 42.8 Å². The Morgan fingerprint density at radius 1 is 1.32 bits per heavy atom. The Bertz CT molecular complexity index is 781. The van der Waals surface area contributed by atoms with E-state index in [1.165, 1.54) is 0 Å². The van der Waals surface area contributed by atoms with Gasteiger partial charge < -0.3 is 15.0 Å². The Morgan fingerprint density at radius 3 is 2.68 bits per heavy atom. The van der Waals surface area contributed by atoms with Gasteiger partial charge in [-0.15, -0.1) is 24.8 Å². The van der Waals surface area contributed by atoms with E-state index in [9.17, 15) is 4.79 Å². The molecule has 1 N–H and O–H groups in total. The molecule has 2 unspecified atom stereocenters. The van der Waals surface area contributed by atoms with Gasteiger partial charge in [-0.1, -0.05) is 18.2 Å². The van der Waals surface area contributed by atoms with Crippen LogP contribution in [0.1, 0.15) is 42.4 Å². The third kappa shape index (κ3) is 5.19. The summed E-state index contributed by atoms with van der Waals surface area (Å²) in [5.41, 5.74) is 3.12. The molecule has 2 aromatic rings. The van der Waals surface area contributed by atoms with Crippen LogP contribution in [0.15, 0.2) is 30.3 Å². The maximum atomic E-state index is 13.1. The van der Waals surface area contributed by atoms with Gasteiger partial charge >= 0.3 is 0 Å². The van der Waals surface area contributed by atoms with Crippen LogP contribution in [0.2, 0.25) is 0 Å². The van der Waals surface area contributed by atoms with Gasteiger partial charge in [-0.25, -0.2) is 0 Å². The predicted octanol–water partition coefficient (Wildman–Crippen LogP) is 3.48. The average Bonchev–Trinajstić information content (AvgIpc) is 3.00. The van der Waals surface area contributed by atoms with E-state index in [2.05, 4.69) is 17.3 Å². The number of benzene rings is 1. The predicted molar refractivity (Wildman–Crippen MR) is 116 cm³/mol. The van der Waals surface area contributed by atoms with E-state index in [1.807, 2.05) is 53.8 Å². The van der Waals surface area contributed by atoms with E-state index >= 15 is 0 Å². The molecule has 3 rings (SSSR count). The smallest absolute Gasteiger partial charge is 0.225 e. The fraction of sp³-hybridized carbons (Fsp3) is 0.500. The highest BCUT2D eigenvalue weighted by atomic mass is 35.5. The van der Waals surface area contributed by atoms with E-state index in [1.54, 1.807) is 7.11 Å². The number of aryl methyl sites for hydroxylation is 2. The number of carbonyl (C=O) groups is 1. The summed E-state index contributed by atoms with van der Waals surface area (Å²) in [5, 5.41) is 7.93. The van der Waals surface area contributed by atoms with E-state index in [0.717, 1.165) is 35.8 Å². The molecule has 1 aliphatic rings. The Hall–Kier alpha value is -1.76. The second-order valence-electron chi connectivity index (χ2n) is 6.97. The van der Waals surface area contributed by atoms with Crippen LogP contribution < -0.4 is 10.1 Å². The molecule has 1 aliphatic heterocycles. The topological polar surface area (TPSA) is 59.4 Å². The highest BCUT2D eigenvalue weighted by Gasteiger charge is 2.30. The Labute approximate surface area is 179 Å². The fourth-order valence-electron chi connectivity index (χ4n) is 3.77. The van der Waals surface area contributed by atoms with Crippen LogP contribution >= 0.6 is 24.8 Å². The summed E-state index contributed by atoms with van der Waals surface area (Å²) in [4.78, 5) is 15.1. The number of methoxy groups -OCH3 is 1. The molecule has 0 saturated carbocycles. The van der Waals surface area contributed by atoms with E-state index in [0.29, 0.717) is 13.0 Å². The maximum absolute atomic E-state index is 13.1. The van der Waals surface area contributed by atoms with E-state index < -0.39 is 0 Å². The molecule has 1 saturated heterocycles. The van der Waals surface area contributed by atoms with Crippen molar-refractivity contribution in [2.45, 2.75) is 39.3 Å². The van der Waals surface area contributed by atoms with Gasteiger partial charge in [0.1, 0.15) is 5.75 Å². The lowest BCUT2D eigenvalue weighted by Crippen LogP contribution is -2.49. The molecule has 8 heteroatoms. The first-order valence-corrected chi connectivity index (χ1v) is 9.17. The van der Waals surface area contributed by atoms with Gasteiger partial charge in [0.25, 0.3) is 0 Å². The van der Waals surface area contributed by atoms with Crippen molar-refractivity contribution in [3.63, 3.8) is 0 Å². The minimum Gasteiger partial charge on any atom is -0.496 e. The Morgan fingerprint density at radius 2 is 2.04 bits per heavy atom. The summed E-state index contributed by atoms with van der Waals surface area (Å²) in [6.45, 7) is 8.31. The van der Waals surface area contributed by atoms with Gasteiger partial charge in [-0.2, -0.15) is 5.10 Å². The number of hydrogen-bond donors (Lipinski definition) is 1. The molecule has 0 bridgehead atoms. The van der Waals surface area contributed by atoms with Crippen LogP contribution in [-0.2, 0) is 4.79 Å². The quantitative estimate of drug-likeness (QED) is 0.791. The summed E-state index contributed by atoms with van der Waals surface area (Å²) in [6.07, 6.45) is 0.438. The van der Waals surface area contributed by atoms with Gasteiger partial charge in [0.05, 0.1) is 24.9 Å². The number of nitrogens with zero attached hydrogens (tertiary/aromatic N) is 3. The molecular weight excluding hydrogens is 399 g/mol. The number of nitrogens with one attached hydrogen (secondary N) is 1. The molecule has 2 heterocycles. The average molecular weight is 429 g/mol. The van der Waals surface area contributed by atoms with Crippen molar-refractivity contribution in [3.8, 4) is 5.75 Å². The zero-order valence-corrected chi connectivity index (χ0v) is 18.5. The SMILES string of the molecule is COc1ccccc1C1CNCCN1C(=O)CC(C)n1nc(C)cc1C.Cl.Cl. The van der Waals surface area contributed by atoms with Gasteiger partial charge in [0.15, 0.2) is 0 Å². The summed E-state index contributed by atoms with van der Waals surface area (Å²) >= 11 is 0. The first-order valence-electron chi connectivity index (χ1n) is 9.17. The maximum Gasteiger partial charge on any atom is 0.225 e. The molecule has 1 aromatic carbocycles. The molecule has 0 spiro atoms. The zero-order valence-electron chi connectivity index (χ0n) is 16.8. The molecule has 6 nitrogen and oxygen atoms in total. The number of hydrogen-bond acceptors (Lipinski definition) is 4. The molecule has 1 aromatic heterocycles. The van der Waals surface area contributed by atoms with Crippen LogP contribution in [-0.4, -0.2) is 47.3 Å². The molecule has 0 radical (unpaired) electrons. The molecular formula is C20H30Cl2N4O2. The lowest BCUT2D eigenvalue weighted by atomic mass is 10.0. The highest BCUT2D eigenvalue weighted by Crippen LogP contribution is 2.31. The first-order chi connectivity index (χ1) is 12.5. The minimum absolute atomic E-state index is 0. The molecule has 2 atom stereocenters. The minimum atomic E-state index is -0.0138. The van der Waals surface area contributed by atoms with Crippen LogP contribution in [0.25, 0.3) is 0 Å². The number of halogens is 2. The number of amides is 1. The van der Waals surface area contributed by atoms with Crippen LogP contribution in [0, 0.1) is 13.8 Å². The summed E-state index contributed by atoms with van der Waals surface area (Å²) in [6, 6.07) is 10.0. The highest BCUT2D eigenvalue weighted by molar-refractivity contribution is 5.85. The zero-order chi connectivity index (χ0) is 18.7. The monoisotopic (exact) mass is 428 g/mol. The Balaban J connectivity index is 0.00000196. The van der Waals surface area contributed by atoms with Gasteiger partial charge in [-0.05, 0) is 32.9 Å². The Kier molecular flexibility index (Phi) is 9.27. The summed E-state index contributed by atoms with van der Waals surface area (Å²) in [7, 11) is 1.67. The van der Waals surface area contributed by atoms with Crippen molar-refractivity contribution in [1.82, 2.24) is 20.0 Å². The molecule has 156 valence electrons. The standard InChI is InChI=1S/C20H28N4O2.2ClH/c1-14-11-15(2)24(22-14)16(3)12-20(25)23-10-9-21-13-18(23)17-7-5-6-8-19(17)26-4;;/h5-8,11,16,18,21H,9-10,12-13H2,1-4H3;2*1H. The number of rotatable bonds is 5. The van der Waals surface area contributed by atoms with Gasteiger partial charge in [0.2, 0.25) is 5.91 Å². The largest absolute Gasteiger partial charge is 0.496 e. The van der Waals surface area contributed by atoms with Crippen LogP contribution in [0.4, 0.5) is 0 Å². The second-order valence-corrected chi connectivity index (χ2v) is 6.97. The van der Waals surface area contributed by atoms with Crippen molar-refractivity contribution in [2.75, 3.05) is 26.7 Å². The molecule has 0 aliphatic carbocycles. The lowest BCUT2D eigenvalue weighted by Gasteiger charge is -2.37. The molecule has 28 heavy (non-hydrogen) atoms. The van der Waals surface area contributed by atoms with Gasteiger partial charge in [0, 0.05) is 37.3 Å². The van der Waals surface area contributed by atoms with Crippen molar-refractivity contribution < 1.29 is 9.53 Å². The second kappa shape index (κ2) is 10.7. The summed E-state index contributed by atoms with van der Waals surface area (Å²) in [5.74, 6) is 0.980. The van der Waals surface area contributed by atoms with Crippen LogP contribution in [0.3, 0.4) is 0 Å². The van der Waals surface area contributed by atoms with Crippen molar-refractivity contribution in [2.24, 2.45) is 0 Å². The van der Waals surface area contributed by atoms with Crippen LogP contribution in [0.5, 0.6) is 5.75 Å². The number of carbonyl (C=O) groups excluding carboxylic acids is 1. The van der Waals surface area contributed by atoms with Gasteiger partial charge in [-0.3, -0.25) is 9.48 Å². The third-order valence-electron chi connectivity index (χ3n) is 4.99. The van der Waals surface area contributed by atoms with E-state index in [4.69, 9.17) is 4.74 Å². The summed E-state index contributed by atoms with van der Waals surface area (Å²) < 4.78 is 7.47. The van der Waals surface area contributed by atoms with Crippen molar-refractivity contribution in [3.05, 3.63) is 47.3 Å².